The Morgan fingerprint density at radius 2 is 1.79 bits per heavy atom. The van der Waals surface area contributed by atoms with Gasteiger partial charge in [-0.3, -0.25) is 0 Å². The van der Waals surface area contributed by atoms with Gasteiger partial charge in [0.25, 0.3) is 0 Å². The Morgan fingerprint density at radius 1 is 1.21 bits per heavy atom. The molecule has 1 aromatic rings. The summed E-state index contributed by atoms with van der Waals surface area (Å²) < 4.78 is 28.3. The average molecular weight is 273 g/mol. The highest BCUT2D eigenvalue weighted by Gasteiger charge is 2.23. The van der Waals surface area contributed by atoms with Gasteiger partial charge in [0.15, 0.2) is 0 Å². The lowest BCUT2D eigenvalue weighted by Crippen LogP contribution is -2.47. The van der Waals surface area contributed by atoms with Gasteiger partial charge < -0.3 is 15.2 Å². The van der Waals surface area contributed by atoms with Crippen molar-refractivity contribution in [2.45, 2.75) is 45.4 Å². The number of hydrogen-bond donors (Lipinski definition) is 2. The van der Waals surface area contributed by atoms with E-state index in [2.05, 4.69) is 10.1 Å². The Hall–Kier alpha value is -1.20. The highest BCUT2D eigenvalue weighted by molar-refractivity contribution is 5.27. The van der Waals surface area contributed by atoms with E-state index in [1.807, 2.05) is 13.8 Å². The van der Waals surface area contributed by atoms with Crippen LogP contribution in [0.1, 0.15) is 32.3 Å². The van der Waals surface area contributed by atoms with E-state index in [1.165, 1.54) is 12.1 Å². The number of ether oxygens (including phenoxy) is 1. The molecule has 0 saturated heterocycles. The molecule has 0 amide bonds. The Morgan fingerprint density at radius 3 is 2.21 bits per heavy atom. The monoisotopic (exact) mass is 273 g/mol. The van der Waals surface area contributed by atoms with Crippen LogP contribution in [0.3, 0.4) is 0 Å². The van der Waals surface area contributed by atoms with Gasteiger partial charge in [-0.25, -0.2) is 0 Å². The lowest BCUT2D eigenvalue weighted by molar-refractivity contribution is -0.0498. The van der Waals surface area contributed by atoms with Crippen molar-refractivity contribution in [3.63, 3.8) is 0 Å². The van der Waals surface area contributed by atoms with Crippen molar-refractivity contribution in [2.75, 3.05) is 6.61 Å². The van der Waals surface area contributed by atoms with E-state index in [4.69, 9.17) is 0 Å². The van der Waals surface area contributed by atoms with Gasteiger partial charge in [0.1, 0.15) is 5.75 Å². The number of rotatable bonds is 8. The largest absolute Gasteiger partial charge is 0.435 e. The second-order valence-electron chi connectivity index (χ2n) is 4.52. The van der Waals surface area contributed by atoms with Gasteiger partial charge in [0, 0.05) is 12.1 Å². The summed E-state index contributed by atoms with van der Waals surface area (Å²) >= 11 is 0. The van der Waals surface area contributed by atoms with E-state index in [0.717, 1.165) is 18.4 Å². The minimum absolute atomic E-state index is 0.0760. The third-order valence-electron chi connectivity index (χ3n) is 3.47. The van der Waals surface area contributed by atoms with E-state index in [9.17, 15) is 13.9 Å². The first-order valence-corrected chi connectivity index (χ1v) is 6.45. The standard InChI is InChI=1S/C14H21F2NO2/c1-3-14(4-2,10-18)17-9-11-5-7-12(8-6-11)19-13(15)16/h5-8,13,17-18H,3-4,9-10H2,1-2H3. The van der Waals surface area contributed by atoms with Gasteiger partial charge in [-0.1, -0.05) is 26.0 Å². The van der Waals surface area contributed by atoms with Crippen molar-refractivity contribution in [3.8, 4) is 5.75 Å². The summed E-state index contributed by atoms with van der Waals surface area (Å²) in [7, 11) is 0. The third-order valence-corrected chi connectivity index (χ3v) is 3.47. The lowest BCUT2D eigenvalue weighted by Gasteiger charge is -2.31. The van der Waals surface area contributed by atoms with Gasteiger partial charge in [0.2, 0.25) is 0 Å². The first-order valence-electron chi connectivity index (χ1n) is 6.45. The number of aliphatic hydroxyl groups excluding tert-OH is 1. The van der Waals surface area contributed by atoms with Gasteiger partial charge >= 0.3 is 6.61 Å². The highest BCUT2D eigenvalue weighted by atomic mass is 19.3. The molecule has 3 nitrogen and oxygen atoms in total. The van der Waals surface area contributed by atoms with Gasteiger partial charge in [-0.05, 0) is 30.5 Å². The lowest BCUT2D eigenvalue weighted by atomic mass is 9.93. The molecule has 0 atom stereocenters. The Labute approximate surface area is 112 Å². The summed E-state index contributed by atoms with van der Waals surface area (Å²) in [5.41, 5.74) is 0.680. The van der Waals surface area contributed by atoms with Crippen molar-refractivity contribution in [3.05, 3.63) is 29.8 Å². The summed E-state index contributed by atoms with van der Waals surface area (Å²) in [6.07, 6.45) is 1.65. The minimum Gasteiger partial charge on any atom is -0.435 e. The quantitative estimate of drug-likeness (QED) is 0.765. The molecule has 0 aliphatic heterocycles. The van der Waals surface area contributed by atoms with E-state index in [-0.39, 0.29) is 17.9 Å². The predicted molar refractivity (Wildman–Crippen MR) is 70.3 cm³/mol. The zero-order chi connectivity index (χ0) is 14.3. The molecule has 0 heterocycles. The molecule has 5 heteroatoms. The van der Waals surface area contributed by atoms with Gasteiger partial charge in [0.05, 0.1) is 6.61 Å². The second-order valence-corrected chi connectivity index (χ2v) is 4.52. The molecule has 0 saturated carbocycles. The van der Waals surface area contributed by atoms with Crippen LogP contribution in [-0.2, 0) is 6.54 Å². The fraction of sp³-hybridized carbons (Fsp3) is 0.571. The smallest absolute Gasteiger partial charge is 0.387 e. The average Bonchev–Trinajstić information content (AvgIpc) is 2.42. The van der Waals surface area contributed by atoms with Crippen molar-refractivity contribution < 1.29 is 18.6 Å². The van der Waals surface area contributed by atoms with E-state index in [0.29, 0.717) is 6.54 Å². The van der Waals surface area contributed by atoms with Crippen LogP contribution in [0.4, 0.5) is 8.78 Å². The summed E-state index contributed by atoms with van der Waals surface area (Å²) in [6, 6.07) is 6.50. The summed E-state index contributed by atoms with van der Waals surface area (Å²) in [6.45, 7) is 1.90. The molecule has 0 radical (unpaired) electrons. The van der Waals surface area contributed by atoms with Crippen molar-refractivity contribution in [2.24, 2.45) is 0 Å². The van der Waals surface area contributed by atoms with E-state index < -0.39 is 6.61 Å². The van der Waals surface area contributed by atoms with Crippen LogP contribution in [0.15, 0.2) is 24.3 Å². The molecule has 0 aliphatic rings. The Kier molecular flexibility index (Phi) is 6.18. The summed E-state index contributed by atoms with van der Waals surface area (Å²) in [5.74, 6) is 0.151. The van der Waals surface area contributed by atoms with E-state index >= 15 is 0 Å². The maximum Gasteiger partial charge on any atom is 0.387 e. The van der Waals surface area contributed by atoms with E-state index in [1.54, 1.807) is 12.1 Å². The fourth-order valence-corrected chi connectivity index (χ4v) is 1.86. The molecule has 0 aliphatic carbocycles. The molecule has 2 N–H and O–H groups in total. The number of aliphatic hydroxyl groups is 1. The zero-order valence-electron chi connectivity index (χ0n) is 11.3. The van der Waals surface area contributed by atoms with Crippen LogP contribution < -0.4 is 10.1 Å². The molecule has 0 spiro atoms. The van der Waals surface area contributed by atoms with Crippen LogP contribution >= 0.6 is 0 Å². The molecule has 0 unspecified atom stereocenters. The molecule has 0 aromatic heterocycles. The first-order chi connectivity index (χ1) is 9.05. The van der Waals surface area contributed by atoms with Gasteiger partial charge in [-0.2, -0.15) is 8.78 Å². The molecule has 1 rings (SSSR count). The second kappa shape index (κ2) is 7.40. The molecule has 0 fully saturated rings. The van der Waals surface area contributed by atoms with Crippen LogP contribution in [0.5, 0.6) is 5.75 Å². The van der Waals surface area contributed by atoms with Crippen molar-refractivity contribution in [1.82, 2.24) is 5.32 Å². The molecule has 19 heavy (non-hydrogen) atoms. The van der Waals surface area contributed by atoms with Crippen molar-refractivity contribution in [1.29, 1.82) is 0 Å². The van der Waals surface area contributed by atoms with Crippen LogP contribution in [0.2, 0.25) is 0 Å². The number of benzene rings is 1. The SMILES string of the molecule is CCC(CC)(CO)NCc1ccc(OC(F)F)cc1. The molecule has 0 bridgehead atoms. The Balaban J connectivity index is 2.58. The van der Waals surface area contributed by atoms with Crippen LogP contribution in [-0.4, -0.2) is 23.9 Å². The number of halogens is 2. The normalized spacial score (nSPS) is 11.9. The molecule has 108 valence electrons. The maximum atomic E-state index is 12.0. The number of nitrogens with one attached hydrogen (secondary N) is 1. The highest BCUT2D eigenvalue weighted by Crippen LogP contribution is 2.17. The third kappa shape index (κ3) is 4.76. The first kappa shape index (κ1) is 15.9. The van der Waals surface area contributed by atoms with Crippen LogP contribution in [0, 0.1) is 0 Å². The van der Waals surface area contributed by atoms with Crippen molar-refractivity contribution >= 4 is 0 Å². The molecular formula is C14H21F2NO2. The maximum absolute atomic E-state index is 12.0. The van der Waals surface area contributed by atoms with Crippen LogP contribution in [0.25, 0.3) is 0 Å². The Bertz CT molecular complexity index is 356. The zero-order valence-corrected chi connectivity index (χ0v) is 11.3. The summed E-state index contributed by atoms with van der Waals surface area (Å²) in [5, 5.41) is 12.8. The predicted octanol–water partition coefficient (Wildman–Crippen LogP) is 2.93. The molecular weight excluding hydrogens is 252 g/mol. The fourth-order valence-electron chi connectivity index (χ4n) is 1.86. The van der Waals surface area contributed by atoms with Gasteiger partial charge in [-0.15, -0.1) is 0 Å². The number of hydrogen-bond acceptors (Lipinski definition) is 3. The molecule has 1 aromatic carbocycles. The topological polar surface area (TPSA) is 41.5 Å². The summed E-state index contributed by atoms with van der Waals surface area (Å²) in [4.78, 5) is 0. The minimum atomic E-state index is -2.80. The number of alkyl halides is 2.